The molecule has 1 aromatic carbocycles. The lowest BCUT2D eigenvalue weighted by atomic mass is 10.1. The molecule has 0 fully saturated rings. The minimum absolute atomic E-state index is 0.0734. The van der Waals surface area contributed by atoms with E-state index in [2.05, 4.69) is 11.8 Å². The van der Waals surface area contributed by atoms with Crippen LogP contribution in [0.4, 0.5) is 0 Å². The zero-order valence-corrected chi connectivity index (χ0v) is 11.5. The number of benzene rings is 1. The Kier molecular flexibility index (Phi) is 6.51. The number of hydrogen-bond acceptors (Lipinski definition) is 4. The van der Waals surface area contributed by atoms with E-state index in [1.165, 1.54) is 18.7 Å². The van der Waals surface area contributed by atoms with Crippen molar-refractivity contribution in [3.63, 3.8) is 0 Å². The third kappa shape index (κ3) is 4.53. The van der Waals surface area contributed by atoms with E-state index in [1.54, 1.807) is 14.2 Å². The summed E-state index contributed by atoms with van der Waals surface area (Å²) in [6.45, 7) is 1.53. The van der Waals surface area contributed by atoms with E-state index in [0.29, 0.717) is 5.75 Å². The molecule has 0 aromatic heterocycles. The lowest BCUT2D eigenvalue weighted by Gasteiger charge is -2.15. The summed E-state index contributed by atoms with van der Waals surface area (Å²) in [5, 5.41) is 0.0734. The molecular formula is C14H16O3S. The Labute approximate surface area is 112 Å². The van der Waals surface area contributed by atoms with E-state index in [-0.39, 0.29) is 5.12 Å². The SMILES string of the molecule is COC(OC)c1ccccc1C#CCSC(C)=O. The maximum Gasteiger partial charge on any atom is 0.186 e. The molecule has 1 aromatic rings. The Morgan fingerprint density at radius 3 is 2.61 bits per heavy atom. The minimum Gasteiger partial charge on any atom is -0.352 e. The fraction of sp³-hybridized carbons (Fsp3) is 0.357. The molecular weight excluding hydrogens is 248 g/mol. The van der Waals surface area contributed by atoms with Crippen LogP contribution in [0.2, 0.25) is 0 Å². The van der Waals surface area contributed by atoms with Gasteiger partial charge in [-0.15, -0.1) is 0 Å². The average molecular weight is 264 g/mol. The number of hydrogen-bond donors (Lipinski definition) is 0. The topological polar surface area (TPSA) is 35.5 Å². The molecule has 0 aliphatic carbocycles. The van der Waals surface area contributed by atoms with Crippen LogP contribution >= 0.6 is 11.8 Å². The summed E-state index contributed by atoms with van der Waals surface area (Å²) < 4.78 is 10.4. The second-order valence-corrected chi connectivity index (χ2v) is 4.62. The molecule has 0 spiro atoms. The fourth-order valence-electron chi connectivity index (χ4n) is 1.44. The van der Waals surface area contributed by atoms with Crippen LogP contribution in [-0.4, -0.2) is 25.1 Å². The third-order valence-electron chi connectivity index (χ3n) is 2.21. The molecule has 0 amide bonds. The molecule has 0 radical (unpaired) electrons. The molecule has 4 heteroatoms. The van der Waals surface area contributed by atoms with E-state index >= 15 is 0 Å². The highest BCUT2D eigenvalue weighted by Gasteiger charge is 2.11. The molecule has 0 heterocycles. The summed E-state index contributed by atoms with van der Waals surface area (Å²) in [5.74, 6) is 6.49. The number of methoxy groups -OCH3 is 2. The summed E-state index contributed by atoms with van der Waals surface area (Å²) in [7, 11) is 3.17. The van der Waals surface area contributed by atoms with Gasteiger partial charge in [-0.1, -0.05) is 41.8 Å². The summed E-state index contributed by atoms with van der Waals surface area (Å²) in [6, 6.07) is 7.65. The summed E-state index contributed by atoms with van der Waals surface area (Å²) in [5.41, 5.74) is 1.75. The predicted octanol–water partition coefficient (Wildman–Crippen LogP) is 2.61. The second-order valence-electron chi connectivity index (χ2n) is 3.47. The fourth-order valence-corrected chi connectivity index (χ4v) is 1.78. The smallest absolute Gasteiger partial charge is 0.186 e. The summed E-state index contributed by atoms with van der Waals surface area (Å²) in [6.07, 6.45) is -0.420. The molecule has 0 N–H and O–H groups in total. The van der Waals surface area contributed by atoms with Crippen molar-refractivity contribution in [1.29, 1.82) is 0 Å². The van der Waals surface area contributed by atoms with Crippen molar-refractivity contribution >= 4 is 16.9 Å². The lowest BCUT2D eigenvalue weighted by Crippen LogP contribution is -2.05. The van der Waals surface area contributed by atoms with Crippen LogP contribution in [-0.2, 0) is 14.3 Å². The molecule has 0 aliphatic heterocycles. The molecule has 0 bridgehead atoms. The number of thioether (sulfide) groups is 1. The first kappa shape index (κ1) is 14.8. The first-order valence-corrected chi connectivity index (χ1v) is 6.44. The quantitative estimate of drug-likeness (QED) is 0.618. The van der Waals surface area contributed by atoms with Crippen LogP contribution in [0.1, 0.15) is 24.3 Å². The van der Waals surface area contributed by atoms with Gasteiger partial charge in [0.2, 0.25) is 0 Å². The van der Waals surface area contributed by atoms with Crippen LogP contribution in [0.5, 0.6) is 0 Å². The van der Waals surface area contributed by atoms with Crippen molar-refractivity contribution in [3.8, 4) is 11.8 Å². The van der Waals surface area contributed by atoms with Crippen LogP contribution in [0.25, 0.3) is 0 Å². The van der Waals surface area contributed by atoms with Gasteiger partial charge in [-0.25, -0.2) is 0 Å². The molecule has 0 saturated heterocycles. The number of carbonyl (C=O) groups excluding carboxylic acids is 1. The third-order valence-corrected chi connectivity index (χ3v) is 2.91. The normalized spacial score (nSPS) is 10.0. The van der Waals surface area contributed by atoms with Gasteiger partial charge >= 0.3 is 0 Å². The van der Waals surface area contributed by atoms with Crippen molar-refractivity contribution in [3.05, 3.63) is 35.4 Å². The Morgan fingerprint density at radius 1 is 1.33 bits per heavy atom. The predicted molar refractivity (Wildman–Crippen MR) is 73.2 cm³/mol. The molecule has 3 nitrogen and oxygen atoms in total. The van der Waals surface area contributed by atoms with Gasteiger partial charge in [0, 0.05) is 32.3 Å². The Bertz CT molecular complexity index is 456. The van der Waals surface area contributed by atoms with Crippen LogP contribution < -0.4 is 0 Å². The van der Waals surface area contributed by atoms with Crippen molar-refractivity contribution in [2.24, 2.45) is 0 Å². The molecule has 1 rings (SSSR count). The second kappa shape index (κ2) is 7.93. The van der Waals surface area contributed by atoms with E-state index in [4.69, 9.17) is 9.47 Å². The Hall–Kier alpha value is -1.28. The lowest BCUT2D eigenvalue weighted by molar-refractivity contribution is -0.109. The molecule has 0 saturated carbocycles. The molecule has 18 heavy (non-hydrogen) atoms. The van der Waals surface area contributed by atoms with Gasteiger partial charge < -0.3 is 9.47 Å². The van der Waals surface area contributed by atoms with Gasteiger partial charge in [0.15, 0.2) is 11.4 Å². The summed E-state index contributed by atoms with van der Waals surface area (Å²) in [4.78, 5) is 10.8. The van der Waals surface area contributed by atoms with Gasteiger partial charge in [-0.05, 0) is 6.07 Å². The Balaban J connectivity index is 2.84. The first-order chi connectivity index (χ1) is 8.69. The largest absolute Gasteiger partial charge is 0.352 e. The number of carbonyl (C=O) groups is 1. The van der Waals surface area contributed by atoms with E-state index in [9.17, 15) is 4.79 Å². The average Bonchev–Trinajstić information content (AvgIpc) is 2.37. The van der Waals surface area contributed by atoms with E-state index in [0.717, 1.165) is 11.1 Å². The standard InChI is InChI=1S/C14H16O3S/c1-11(15)18-10-6-8-12-7-4-5-9-13(12)14(16-2)17-3/h4-5,7,9,14H,10H2,1-3H3. The van der Waals surface area contributed by atoms with Crippen LogP contribution in [0.15, 0.2) is 24.3 Å². The van der Waals surface area contributed by atoms with E-state index < -0.39 is 6.29 Å². The van der Waals surface area contributed by atoms with Gasteiger partial charge in [0.05, 0.1) is 5.75 Å². The molecule has 96 valence electrons. The Morgan fingerprint density at radius 2 is 2.00 bits per heavy atom. The van der Waals surface area contributed by atoms with Crippen LogP contribution in [0.3, 0.4) is 0 Å². The molecule has 0 unspecified atom stereocenters. The van der Waals surface area contributed by atoms with Crippen molar-refractivity contribution in [1.82, 2.24) is 0 Å². The minimum atomic E-state index is -0.420. The van der Waals surface area contributed by atoms with Crippen molar-refractivity contribution < 1.29 is 14.3 Å². The zero-order chi connectivity index (χ0) is 13.4. The first-order valence-electron chi connectivity index (χ1n) is 5.45. The highest BCUT2D eigenvalue weighted by Crippen LogP contribution is 2.20. The van der Waals surface area contributed by atoms with Gasteiger partial charge in [0.25, 0.3) is 0 Å². The maximum absolute atomic E-state index is 10.8. The summed E-state index contributed by atoms with van der Waals surface area (Å²) >= 11 is 1.20. The zero-order valence-electron chi connectivity index (χ0n) is 10.7. The van der Waals surface area contributed by atoms with Gasteiger partial charge in [0.1, 0.15) is 0 Å². The highest BCUT2D eigenvalue weighted by atomic mass is 32.2. The molecule has 0 atom stereocenters. The van der Waals surface area contributed by atoms with Crippen molar-refractivity contribution in [2.45, 2.75) is 13.2 Å². The van der Waals surface area contributed by atoms with E-state index in [1.807, 2.05) is 24.3 Å². The molecule has 0 aliphatic rings. The number of ether oxygens (including phenoxy) is 2. The van der Waals surface area contributed by atoms with Gasteiger partial charge in [-0.2, -0.15) is 0 Å². The highest BCUT2D eigenvalue weighted by molar-refractivity contribution is 8.13. The monoisotopic (exact) mass is 264 g/mol. The van der Waals surface area contributed by atoms with Crippen LogP contribution in [0, 0.1) is 11.8 Å². The maximum atomic E-state index is 10.8. The van der Waals surface area contributed by atoms with Gasteiger partial charge in [-0.3, -0.25) is 4.79 Å². The van der Waals surface area contributed by atoms with Crippen molar-refractivity contribution in [2.75, 3.05) is 20.0 Å². The number of rotatable bonds is 4.